The summed E-state index contributed by atoms with van der Waals surface area (Å²) in [6.07, 6.45) is 5.43. The maximum Gasteiger partial charge on any atom is 0.211 e. The highest BCUT2D eigenvalue weighted by atomic mass is 79.9. The summed E-state index contributed by atoms with van der Waals surface area (Å²) >= 11 is 3.53. The summed E-state index contributed by atoms with van der Waals surface area (Å²) in [6.45, 7) is 1.58. The van der Waals surface area contributed by atoms with Gasteiger partial charge in [0.25, 0.3) is 0 Å². The second-order valence-corrected chi connectivity index (χ2v) is 10.2. The number of rotatable bonds is 5. The van der Waals surface area contributed by atoms with E-state index in [1.165, 1.54) is 6.26 Å². The van der Waals surface area contributed by atoms with Gasteiger partial charge in [-0.2, -0.15) is 4.31 Å². The van der Waals surface area contributed by atoms with Crippen molar-refractivity contribution in [3.8, 4) is 0 Å². The van der Waals surface area contributed by atoms with E-state index >= 15 is 0 Å². The van der Waals surface area contributed by atoms with Gasteiger partial charge >= 0.3 is 0 Å². The molecule has 30 heavy (non-hydrogen) atoms. The van der Waals surface area contributed by atoms with Gasteiger partial charge in [-0.1, -0.05) is 46.3 Å². The fraction of sp³-hybridized carbons (Fsp3) is 0.286. The molecular weight excluding hydrogens is 488 g/mol. The lowest BCUT2D eigenvalue weighted by molar-refractivity contribution is 0.320. The number of H-pyrrole nitrogens is 1. The van der Waals surface area contributed by atoms with Crippen molar-refractivity contribution >= 4 is 44.0 Å². The number of hydrogen-bond donors (Lipinski definition) is 1. The van der Waals surface area contributed by atoms with Crippen molar-refractivity contribution in [2.45, 2.75) is 25.6 Å². The Bertz CT molecular complexity index is 1080. The van der Waals surface area contributed by atoms with Gasteiger partial charge < -0.3 is 9.88 Å². The minimum atomic E-state index is -3.39. The summed E-state index contributed by atoms with van der Waals surface area (Å²) in [5.41, 5.74) is 4.15. The Morgan fingerprint density at radius 3 is 2.63 bits per heavy atom. The standard InChI is InChI=1S/C21H23BrN4O2S.ClH/c1-29(27,28)26-12-17-10-18(22)7-8-21(17)25(13-19-11-23-15-24-19)14-20(26)9-16-5-3-2-4-6-16;/h2-8,10-11,15,20H,9,12-14H2,1H3,(H,23,24);1H/t20-;/m1./s1. The fourth-order valence-electron chi connectivity index (χ4n) is 3.90. The molecule has 4 rings (SSSR count). The minimum absolute atomic E-state index is 0. The molecule has 0 radical (unpaired) electrons. The molecule has 1 aliphatic heterocycles. The SMILES string of the molecule is CS(=O)(=O)N1Cc2cc(Br)ccc2N(Cc2cnc[nH]2)C[C@H]1Cc1ccccc1.Cl. The third-order valence-corrected chi connectivity index (χ3v) is 6.98. The van der Waals surface area contributed by atoms with Crippen molar-refractivity contribution in [1.29, 1.82) is 0 Å². The summed E-state index contributed by atoms with van der Waals surface area (Å²) in [5, 5.41) is 0. The van der Waals surface area contributed by atoms with E-state index in [1.54, 1.807) is 10.6 Å². The van der Waals surface area contributed by atoms with Gasteiger partial charge in [0.05, 0.1) is 24.8 Å². The molecule has 1 atom stereocenters. The number of aromatic nitrogens is 2. The molecule has 9 heteroatoms. The maximum atomic E-state index is 12.7. The predicted octanol–water partition coefficient (Wildman–Crippen LogP) is 3.99. The number of aromatic amines is 1. The first-order valence-corrected chi connectivity index (χ1v) is 12.1. The number of nitrogens with zero attached hydrogens (tertiary/aromatic N) is 3. The third kappa shape index (κ3) is 5.24. The zero-order valence-electron chi connectivity index (χ0n) is 16.5. The number of sulfonamides is 1. The van der Waals surface area contributed by atoms with Gasteiger partial charge in [-0.25, -0.2) is 13.4 Å². The van der Waals surface area contributed by atoms with Crippen LogP contribution in [-0.2, 0) is 29.5 Å². The van der Waals surface area contributed by atoms with Gasteiger partial charge in [-0.3, -0.25) is 0 Å². The van der Waals surface area contributed by atoms with Crippen molar-refractivity contribution < 1.29 is 8.42 Å². The van der Waals surface area contributed by atoms with Crippen LogP contribution in [0.4, 0.5) is 5.69 Å². The van der Waals surface area contributed by atoms with Crippen molar-refractivity contribution in [1.82, 2.24) is 14.3 Å². The Morgan fingerprint density at radius 1 is 1.20 bits per heavy atom. The van der Waals surface area contributed by atoms with Crippen LogP contribution in [0.25, 0.3) is 0 Å². The first-order valence-electron chi connectivity index (χ1n) is 9.41. The molecule has 0 unspecified atom stereocenters. The molecule has 1 aromatic heterocycles. The molecule has 0 fully saturated rings. The lowest BCUT2D eigenvalue weighted by Crippen LogP contribution is -2.45. The normalized spacial score (nSPS) is 17.1. The van der Waals surface area contributed by atoms with E-state index in [2.05, 4.69) is 36.9 Å². The van der Waals surface area contributed by atoms with Crippen molar-refractivity contribution in [2.24, 2.45) is 0 Å². The smallest absolute Gasteiger partial charge is 0.211 e. The van der Waals surface area contributed by atoms with E-state index in [9.17, 15) is 8.42 Å². The summed E-state index contributed by atoms with van der Waals surface area (Å²) < 4.78 is 28.1. The number of fused-ring (bicyclic) bond motifs is 1. The third-order valence-electron chi connectivity index (χ3n) is 5.20. The summed E-state index contributed by atoms with van der Waals surface area (Å²) in [5.74, 6) is 0. The van der Waals surface area contributed by atoms with E-state index in [1.807, 2.05) is 48.7 Å². The van der Waals surface area contributed by atoms with E-state index in [-0.39, 0.29) is 18.4 Å². The van der Waals surface area contributed by atoms with E-state index < -0.39 is 10.0 Å². The molecule has 1 N–H and O–H groups in total. The van der Waals surface area contributed by atoms with Crippen LogP contribution in [0.5, 0.6) is 0 Å². The molecule has 0 amide bonds. The van der Waals surface area contributed by atoms with Gasteiger partial charge in [-0.05, 0) is 35.7 Å². The van der Waals surface area contributed by atoms with Crippen LogP contribution in [0.2, 0.25) is 0 Å². The molecular formula is C21H24BrClN4O2S. The van der Waals surface area contributed by atoms with Gasteiger partial charge in [0.15, 0.2) is 0 Å². The number of imidazole rings is 1. The van der Waals surface area contributed by atoms with Gasteiger partial charge in [0, 0.05) is 35.5 Å². The second kappa shape index (κ2) is 9.51. The molecule has 6 nitrogen and oxygen atoms in total. The molecule has 0 saturated carbocycles. The van der Waals surface area contributed by atoms with Crippen LogP contribution < -0.4 is 4.90 Å². The molecule has 0 saturated heterocycles. The lowest BCUT2D eigenvalue weighted by Gasteiger charge is -2.31. The topological polar surface area (TPSA) is 69.3 Å². The van der Waals surface area contributed by atoms with Crippen molar-refractivity contribution in [3.63, 3.8) is 0 Å². The van der Waals surface area contributed by atoms with Crippen molar-refractivity contribution in [2.75, 3.05) is 17.7 Å². The highest BCUT2D eigenvalue weighted by Gasteiger charge is 2.33. The molecule has 0 aliphatic carbocycles. The van der Waals surface area contributed by atoms with E-state index in [0.29, 0.717) is 26.1 Å². The number of benzene rings is 2. The lowest BCUT2D eigenvalue weighted by atomic mass is 10.1. The minimum Gasteiger partial charge on any atom is -0.364 e. The largest absolute Gasteiger partial charge is 0.364 e. The Labute approximate surface area is 191 Å². The molecule has 1 aliphatic rings. The molecule has 160 valence electrons. The molecule has 3 aromatic rings. The average Bonchev–Trinajstić information content (AvgIpc) is 3.13. The monoisotopic (exact) mass is 510 g/mol. The van der Waals surface area contributed by atoms with Gasteiger partial charge in [-0.15, -0.1) is 12.4 Å². The summed E-state index contributed by atoms with van der Waals surface area (Å²) in [4.78, 5) is 9.53. The number of halogens is 2. The molecule has 2 aromatic carbocycles. The first kappa shape index (κ1) is 22.8. The van der Waals surface area contributed by atoms with Crippen LogP contribution >= 0.6 is 28.3 Å². The Balaban J connectivity index is 0.00000256. The highest BCUT2D eigenvalue weighted by molar-refractivity contribution is 9.10. The zero-order valence-corrected chi connectivity index (χ0v) is 19.8. The van der Waals surface area contributed by atoms with Crippen LogP contribution in [0.15, 0.2) is 65.5 Å². The quantitative estimate of drug-likeness (QED) is 0.562. The zero-order chi connectivity index (χ0) is 20.4. The Kier molecular flexibility index (Phi) is 7.23. The molecule has 0 spiro atoms. The Hall–Kier alpha value is -1.87. The fourth-order valence-corrected chi connectivity index (χ4v) is 5.36. The van der Waals surface area contributed by atoms with Crippen molar-refractivity contribution in [3.05, 3.63) is 82.3 Å². The number of anilines is 1. The molecule has 0 bridgehead atoms. The highest BCUT2D eigenvalue weighted by Crippen LogP contribution is 2.32. The first-order chi connectivity index (χ1) is 13.9. The molecule has 2 heterocycles. The van der Waals surface area contributed by atoms with E-state index in [0.717, 1.165) is 27.0 Å². The predicted molar refractivity (Wildman–Crippen MR) is 125 cm³/mol. The van der Waals surface area contributed by atoms with Crippen LogP contribution in [0, 0.1) is 0 Å². The number of nitrogens with one attached hydrogen (secondary N) is 1. The van der Waals surface area contributed by atoms with Crippen LogP contribution in [0.3, 0.4) is 0 Å². The average molecular weight is 512 g/mol. The summed E-state index contributed by atoms with van der Waals surface area (Å²) in [7, 11) is -3.39. The second-order valence-electron chi connectivity index (χ2n) is 7.38. The maximum absolute atomic E-state index is 12.7. The Morgan fingerprint density at radius 2 is 1.97 bits per heavy atom. The van der Waals surface area contributed by atoms with Gasteiger partial charge in [0.1, 0.15) is 0 Å². The van der Waals surface area contributed by atoms with Crippen LogP contribution in [0.1, 0.15) is 16.8 Å². The van der Waals surface area contributed by atoms with Gasteiger partial charge in [0.2, 0.25) is 10.0 Å². The van der Waals surface area contributed by atoms with E-state index in [4.69, 9.17) is 0 Å². The van der Waals surface area contributed by atoms with Crippen LogP contribution in [-0.4, -0.2) is 41.5 Å². The summed E-state index contributed by atoms with van der Waals surface area (Å²) in [6, 6.07) is 15.9. The number of hydrogen-bond acceptors (Lipinski definition) is 4.